The van der Waals surface area contributed by atoms with Gasteiger partial charge in [-0.1, -0.05) is 43.1 Å². The second-order valence-corrected chi connectivity index (χ2v) is 12.1. The summed E-state index contributed by atoms with van der Waals surface area (Å²) < 4.78 is 1.87. The van der Waals surface area contributed by atoms with Gasteiger partial charge in [0.25, 0.3) is 0 Å². The van der Waals surface area contributed by atoms with Crippen LogP contribution in [0, 0.1) is 29.1 Å². The first-order chi connectivity index (χ1) is 16.9. The van der Waals surface area contributed by atoms with E-state index in [0.717, 1.165) is 60.9 Å². The molecule has 5 unspecified atom stereocenters. The molecule has 4 rings (SSSR count). The van der Waals surface area contributed by atoms with Gasteiger partial charge in [0.05, 0.1) is 18.0 Å². The molecule has 196 valence electrons. The van der Waals surface area contributed by atoms with Gasteiger partial charge in [0.1, 0.15) is 6.61 Å². The first-order valence-electron chi connectivity index (χ1n) is 14.3. The Morgan fingerprint density at radius 1 is 1.29 bits per heavy atom. The normalized spacial score (nSPS) is 32.2. The molecule has 6 heteroatoms. The summed E-state index contributed by atoms with van der Waals surface area (Å²) in [6.07, 6.45) is 18.4. The lowest BCUT2D eigenvalue weighted by atomic mass is 9.55. The summed E-state index contributed by atoms with van der Waals surface area (Å²) in [4.78, 5) is 7.94. The van der Waals surface area contributed by atoms with Crippen molar-refractivity contribution in [2.45, 2.75) is 97.9 Å². The van der Waals surface area contributed by atoms with Crippen molar-refractivity contribution < 1.29 is 4.84 Å². The Morgan fingerprint density at radius 3 is 2.94 bits per heavy atom. The van der Waals surface area contributed by atoms with Crippen molar-refractivity contribution in [3.8, 4) is 0 Å². The predicted octanol–water partition coefficient (Wildman–Crippen LogP) is 6.13. The molecule has 1 aromatic heterocycles. The number of fused-ring (bicyclic) bond motifs is 3. The Labute approximate surface area is 213 Å². The summed E-state index contributed by atoms with van der Waals surface area (Å²) >= 11 is 0. The second-order valence-electron chi connectivity index (χ2n) is 12.1. The van der Waals surface area contributed by atoms with Gasteiger partial charge in [-0.05, 0) is 107 Å². The summed E-state index contributed by atoms with van der Waals surface area (Å²) in [5, 5.41) is 13.1. The lowest BCUT2D eigenvalue weighted by Gasteiger charge is -2.50. The Kier molecular flexibility index (Phi) is 9.07. The number of rotatable bonds is 11. The highest BCUT2D eigenvalue weighted by molar-refractivity contribution is 5.95. The monoisotopic (exact) mass is 483 g/mol. The fourth-order valence-electron chi connectivity index (χ4n) is 7.14. The number of hydrogen-bond acceptors (Lipinski definition) is 5. The van der Waals surface area contributed by atoms with E-state index in [0.29, 0.717) is 18.6 Å². The van der Waals surface area contributed by atoms with Gasteiger partial charge in [0.15, 0.2) is 0 Å². The van der Waals surface area contributed by atoms with E-state index < -0.39 is 0 Å². The summed E-state index contributed by atoms with van der Waals surface area (Å²) in [6.45, 7) is 9.55. The third kappa shape index (κ3) is 6.55. The minimum Gasteiger partial charge on any atom is -0.394 e. The van der Waals surface area contributed by atoms with Crippen molar-refractivity contribution in [2.75, 3.05) is 27.2 Å². The fraction of sp³-hybridized carbons (Fsp3) is 0.828. The summed E-state index contributed by atoms with van der Waals surface area (Å²) in [5.41, 5.74) is 4.38. The molecule has 0 aromatic carbocycles. The van der Waals surface area contributed by atoms with Crippen LogP contribution in [0.15, 0.2) is 23.0 Å². The zero-order chi connectivity index (χ0) is 24.8. The SMILES string of the molecule is CCCCC(C=C1CCC2C(CCC3(C)C(C)CCC23)C1)=NOCCn1cc(CCN(C)C)nn1. The van der Waals surface area contributed by atoms with Gasteiger partial charge < -0.3 is 9.74 Å². The number of likely N-dealkylation sites (N-methyl/N-ethyl adjacent to an activating group) is 1. The third-order valence-corrected chi connectivity index (χ3v) is 9.53. The van der Waals surface area contributed by atoms with Gasteiger partial charge in [0, 0.05) is 19.2 Å². The van der Waals surface area contributed by atoms with Crippen LogP contribution in [0.3, 0.4) is 0 Å². The highest BCUT2D eigenvalue weighted by atomic mass is 16.6. The van der Waals surface area contributed by atoms with Crippen molar-refractivity contribution in [3.63, 3.8) is 0 Å². The highest BCUT2D eigenvalue weighted by Crippen LogP contribution is 2.61. The van der Waals surface area contributed by atoms with Crippen molar-refractivity contribution in [3.05, 3.63) is 23.5 Å². The van der Waals surface area contributed by atoms with E-state index in [1.807, 2.05) is 10.9 Å². The molecule has 6 nitrogen and oxygen atoms in total. The first kappa shape index (κ1) is 26.4. The molecule has 1 heterocycles. The summed E-state index contributed by atoms with van der Waals surface area (Å²) in [5.74, 6) is 3.72. The molecule has 0 spiro atoms. The van der Waals surface area contributed by atoms with Gasteiger partial charge in [-0.15, -0.1) is 5.10 Å². The van der Waals surface area contributed by atoms with Crippen molar-refractivity contribution in [1.82, 2.24) is 19.9 Å². The number of allylic oxidation sites excluding steroid dienone is 2. The maximum atomic E-state index is 5.78. The summed E-state index contributed by atoms with van der Waals surface area (Å²) in [6, 6.07) is 0. The lowest BCUT2D eigenvalue weighted by molar-refractivity contribution is 0.00476. The fourth-order valence-corrected chi connectivity index (χ4v) is 7.14. The van der Waals surface area contributed by atoms with Crippen LogP contribution in [0.2, 0.25) is 0 Å². The topological polar surface area (TPSA) is 55.5 Å². The molecule has 5 atom stereocenters. The molecule has 0 N–H and O–H groups in total. The molecule has 3 aliphatic rings. The van der Waals surface area contributed by atoms with Crippen LogP contribution in [-0.2, 0) is 17.8 Å². The standard InChI is InChI=1S/C29H49N5O/c1-6-7-8-25(31-35-18-17-34-21-26(30-32-34)14-16-33(4)5)20-23-10-11-27-24(19-23)13-15-29(3)22(2)9-12-28(27)29/h20-22,24,27-28H,6-19H2,1-5H3. The molecule has 35 heavy (non-hydrogen) atoms. The van der Waals surface area contributed by atoms with Gasteiger partial charge in [0.2, 0.25) is 0 Å². The largest absolute Gasteiger partial charge is 0.394 e. The molecule has 0 saturated heterocycles. The first-order valence-corrected chi connectivity index (χ1v) is 14.3. The van der Waals surface area contributed by atoms with Crippen LogP contribution in [0.1, 0.15) is 90.7 Å². The lowest BCUT2D eigenvalue weighted by Crippen LogP contribution is -2.42. The molecule has 0 aliphatic heterocycles. The molecule has 3 fully saturated rings. The van der Waals surface area contributed by atoms with Crippen LogP contribution in [0.25, 0.3) is 0 Å². The molecule has 3 aliphatic carbocycles. The molecule has 1 aromatic rings. The van der Waals surface area contributed by atoms with Crippen LogP contribution >= 0.6 is 0 Å². The number of nitrogens with zero attached hydrogens (tertiary/aromatic N) is 5. The minimum absolute atomic E-state index is 0.526. The average Bonchev–Trinajstić information content (AvgIpc) is 3.42. The van der Waals surface area contributed by atoms with E-state index >= 15 is 0 Å². The molecule has 0 bridgehead atoms. The van der Waals surface area contributed by atoms with Crippen LogP contribution in [0.4, 0.5) is 0 Å². The van der Waals surface area contributed by atoms with Gasteiger partial charge in [-0.25, -0.2) is 4.68 Å². The van der Waals surface area contributed by atoms with Crippen molar-refractivity contribution >= 4 is 5.71 Å². The maximum Gasteiger partial charge on any atom is 0.136 e. The predicted molar refractivity (Wildman–Crippen MR) is 143 cm³/mol. The van der Waals surface area contributed by atoms with Crippen molar-refractivity contribution in [1.29, 1.82) is 0 Å². The van der Waals surface area contributed by atoms with Gasteiger partial charge in [-0.3, -0.25) is 0 Å². The second kappa shape index (κ2) is 12.0. The molecule has 0 radical (unpaired) electrons. The zero-order valence-corrected chi connectivity index (χ0v) is 23.0. The Hall–Kier alpha value is -1.69. The number of aromatic nitrogens is 3. The van der Waals surface area contributed by atoms with E-state index in [1.54, 1.807) is 5.57 Å². The minimum atomic E-state index is 0.526. The Balaban J connectivity index is 1.30. The molecule has 0 amide bonds. The van der Waals surface area contributed by atoms with E-state index in [4.69, 9.17) is 4.84 Å². The van der Waals surface area contributed by atoms with Crippen LogP contribution < -0.4 is 0 Å². The van der Waals surface area contributed by atoms with Gasteiger partial charge in [-0.2, -0.15) is 0 Å². The van der Waals surface area contributed by atoms with Crippen molar-refractivity contribution in [2.24, 2.45) is 34.2 Å². The van der Waals surface area contributed by atoms with E-state index in [2.05, 4.69) is 61.3 Å². The zero-order valence-electron chi connectivity index (χ0n) is 23.0. The molecular formula is C29H49N5O. The molecular weight excluding hydrogens is 434 g/mol. The average molecular weight is 484 g/mol. The Bertz CT molecular complexity index is 874. The molecule has 3 saturated carbocycles. The van der Waals surface area contributed by atoms with Crippen LogP contribution in [0.5, 0.6) is 0 Å². The Morgan fingerprint density at radius 2 is 2.14 bits per heavy atom. The quantitative estimate of drug-likeness (QED) is 0.216. The third-order valence-electron chi connectivity index (χ3n) is 9.53. The number of oxime groups is 1. The summed E-state index contributed by atoms with van der Waals surface area (Å²) in [7, 11) is 4.15. The van der Waals surface area contributed by atoms with E-state index in [9.17, 15) is 0 Å². The maximum absolute atomic E-state index is 5.78. The highest BCUT2D eigenvalue weighted by Gasteiger charge is 2.52. The smallest absolute Gasteiger partial charge is 0.136 e. The van der Waals surface area contributed by atoms with Crippen LogP contribution in [-0.4, -0.2) is 52.9 Å². The van der Waals surface area contributed by atoms with E-state index in [-0.39, 0.29) is 0 Å². The number of unbranched alkanes of at least 4 members (excludes halogenated alkanes) is 1. The number of hydrogen-bond donors (Lipinski definition) is 0. The van der Waals surface area contributed by atoms with E-state index in [1.165, 1.54) is 51.4 Å². The van der Waals surface area contributed by atoms with Gasteiger partial charge >= 0.3 is 0 Å².